The number of hydrogen-bond acceptors (Lipinski definition) is 1. The molecule has 0 fully saturated rings. The Morgan fingerprint density at radius 3 is 2.44 bits per heavy atom. The van der Waals surface area contributed by atoms with Crippen LogP contribution in [0.1, 0.15) is 10.4 Å². The molecule has 0 radical (unpaired) electrons. The van der Waals surface area contributed by atoms with Gasteiger partial charge in [0.25, 0.3) is 5.91 Å². The lowest BCUT2D eigenvalue weighted by atomic mass is 10.2. The maximum absolute atomic E-state index is 12.9. The summed E-state index contributed by atoms with van der Waals surface area (Å²) >= 11 is 5.75. The van der Waals surface area contributed by atoms with Gasteiger partial charge in [-0.25, -0.2) is 8.78 Å². The number of halogens is 3. The van der Waals surface area contributed by atoms with E-state index in [0.717, 1.165) is 12.1 Å². The van der Waals surface area contributed by atoms with Crippen LogP contribution < -0.4 is 5.32 Å². The van der Waals surface area contributed by atoms with Crippen molar-refractivity contribution in [2.24, 2.45) is 0 Å². The highest BCUT2D eigenvalue weighted by atomic mass is 35.5. The molecule has 0 bridgehead atoms. The number of anilines is 1. The first kappa shape index (κ1) is 12.5. The summed E-state index contributed by atoms with van der Waals surface area (Å²) in [4.78, 5) is 11.8. The maximum Gasteiger partial charge on any atom is 0.257 e. The van der Waals surface area contributed by atoms with Crippen LogP contribution in [-0.2, 0) is 0 Å². The fraction of sp³-hybridized carbons (Fsp3) is 0. The predicted molar refractivity (Wildman–Crippen MR) is 65.8 cm³/mol. The number of amides is 1. The van der Waals surface area contributed by atoms with Crippen LogP contribution in [0.15, 0.2) is 42.5 Å². The number of rotatable bonds is 2. The zero-order valence-corrected chi connectivity index (χ0v) is 9.84. The molecule has 5 heteroatoms. The van der Waals surface area contributed by atoms with Crippen LogP contribution in [0, 0.1) is 11.6 Å². The molecule has 2 aromatic carbocycles. The van der Waals surface area contributed by atoms with Gasteiger partial charge < -0.3 is 5.32 Å². The molecule has 2 nitrogen and oxygen atoms in total. The van der Waals surface area contributed by atoms with E-state index in [1.807, 2.05) is 0 Å². The molecule has 0 spiro atoms. The SMILES string of the molecule is O=C(Nc1cccc(F)c1)c1ccc(F)cc1Cl. The minimum atomic E-state index is -0.526. The molecule has 0 aliphatic rings. The Morgan fingerprint density at radius 1 is 1.06 bits per heavy atom. The van der Waals surface area contributed by atoms with E-state index < -0.39 is 17.5 Å². The highest BCUT2D eigenvalue weighted by molar-refractivity contribution is 6.34. The lowest BCUT2D eigenvalue weighted by Gasteiger charge is -2.06. The Kier molecular flexibility index (Phi) is 3.58. The Labute approximate surface area is 107 Å². The Balaban J connectivity index is 2.22. The molecule has 18 heavy (non-hydrogen) atoms. The van der Waals surface area contributed by atoms with Crippen molar-refractivity contribution < 1.29 is 13.6 Å². The first-order valence-corrected chi connectivity index (χ1v) is 5.46. The second-order valence-electron chi connectivity index (χ2n) is 3.59. The van der Waals surface area contributed by atoms with E-state index in [-0.39, 0.29) is 10.6 Å². The van der Waals surface area contributed by atoms with Crippen LogP contribution in [0.5, 0.6) is 0 Å². The maximum atomic E-state index is 12.9. The normalized spacial score (nSPS) is 10.2. The van der Waals surface area contributed by atoms with Crippen LogP contribution in [0.3, 0.4) is 0 Å². The van der Waals surface area contributed by atoms with Gasteiger partial charge in [-0.2, -0.15) is 0 Å². The summed E-state index contributed by atoms with van der Waals surface area (Å²) in [5.74, 6) is -1.51. The summed E-state index contributed by atoms with van der Waals surface area (Å²) in [6.07, 6.45) is 0. The fourth-order valence-electron chi connectivity index (χ4n) is 1.44. The minimum absolute atomic E-state index is 0.00361. The largest absolute Gasteiger partial charge is 0.322 e. The van der Waals surface area contributed by atoms with E-state index in [4.69, 9.17) is 11.6 Å². The number of hydrogen-bond donors (Lipinski definition) is 1. The first-order chi connectivity index (χ1) is 8.56. The first-order valence-electron chi connectivity index (χ1n) is 5.08. The quantitative estimate of drug-likeness (QED) is 0.879. The highest BCUT2D eigenvalue weighted by Crippen LogP contribution is 2.19. The molecule has 0 aliphatic heterocycles. The van der Waals surface area contributed by atoms with Gasteiger partial charge in [-0.1, -0.05) is 17.7 Å². The molecule has 1 N–H and O–H groups in total. The Hall–Kier alpha value is -1.94. The fourth-order valence-corrected chi connectivity index (χ4v) is 1.69. The molecular weight excluding hydrogens is 260 g/mol. The van der Waals surface area contributed by atoms with E-state index in [2.05, 4.69) is 5.32 Å². The zero-order valence-electron chi connectivity index (χ0n) is 9.08. The molecule has 0 aliphatic carbocycles. The van der Waals surface area contributed by atoms with Gasteiger partial charge in [0.2, 0.25) is 0 Å². The third kappa shape index (κ3) is 2.84. The summed E-state index contributed by atoms with van der Waals surface area (Å²) in [6.45, 7) is 0. The summed E-state index contributed by atoms with van der Waals surface area (Å²) in [7, 11) is 0. The molecule has 2 rings (SSSR count). The monoisotopic (exact) mass is 267 g/mol. The lowest BCUT2D eigenvalue weighted by Crippen LogP contribution is -2.12. The Bertz CT molecular complexity index is 601. The molecule has 0 atom stereocenters. The van der Waals surface area contributed by atoms with Crippen molar-refractivity contribution in [3.05, 3.63) is 64.7 Å². The Morgan fingerprint density at radius 2 is 1.78 bits per heavy atom. The van der Waals surface area contributed by atoms with Crippen molar-refractivity contribution in [3.63, 3.8) is 0 Å². The second kappa shape index (κ2) is 5.14. The van der Waals surface area contributed by atoms with Gasteiger partial charge in [0, 0.05) is 5.69 Å². The summed E-state index contributed by atoms with van der Waals surface area (Å²) < 4.78 is 25.8. The van der Waals surface area contributed by atoms with Crippen molar-refractivity contribution in [1.29, 1.82) is 0 Å². The number of carbonyl (C=O) groups excluding carboxylic acids is 1. The third-order valence-corrected chi connectivity index (χ3v) is 2.57. The topological polar surface area (TPSA) is 29.1 Å². The molecule has 0 saturated heterocycles. The number of benzene rings is 2. The number of carbonyl (C=O) groups is 1. The van der Waals surface area contributed by atoms with E-state index in [0.29, 0.717) is 5.69 Å². The van der Waals surface area contributed by atoms with Crippen LogP contribution in [0.2, 0.25) is 5.02 Å². The minimum Gasteiger partial charge on any atom is -0.322 e. The molecule has 0 saturated carbocycles. The molecular formula is C13H8ClF2NO. The van der Waals surface area contributed by atoms with Gasteiger partial charge in [-0.3, -0.25) is 4.79 Å². The summed E-state index contributed by atoms with van der Waals surface area (Å²) in [5, 5.41) is 2.48. The van der Waals surface area contributed by atoms with Crippen molar-refractivity contribution in [3.8, 4) is 0 Å². The average Bonchev–Trinajstić information content (AvgIpc) is 2.28. The molecule has 92 valence electrons. The predicted octanol–water partition coefficient (Wildman–Crippen LogP) is 3.87. The van der Waals surface area contributed by atoms with Gasteiger partial charge in [0.1, 0.15) is 11.6 Å². The van der Waals surface area contributed by atoms with E-state index in [9.17, 15) is 13.6 Å². The van der Waals surface area contributed by atoms with Crippen molar-refractivity contribution >= 4 is 23.2 Å². The molecule has 0 aromatic heterocycles. The average molecular weight is 268 g/mol. The lowest BCUT2D eigenvalue weighted by molar-refractivity contribution is 0.102. The summed E-state index contributed by atoms with van der Waals surface area (Å²) in [6, 6.07) is 8.90. The van der Waals surface area contributed by atoms with Crippen molar-refractivity contribution in [2.75, 3.05) is 5.32 Å². The van der Waals surface area contributed by atoms with Gasteiger partial charge in [0.05, 0.1) is 10.6 Å². The smallest absolute Gasteiger partial charge is 0.257 e. The molecule has 0 heterocycles. The van der Waals surface area contributed by atoms with Crippen molar-refractivity contribution in [2.45, 2.75) is 0 Å². The molecule has 1 amide bonds. The zero-order chi connectivity index (χ0) is 13.1. The van der Waals surface area contributed by atoms with Crippen LogP contribution in [0.25, 0.3) is 0 Å². The standard InChI is InChI=1S/C13H8ClF2NO/c14-12-7-9(16)4-5-11(12)13(18)17-10-3-1-2-8(15)6-10/h1-7H,(H,17,18). The van der Waals surface area contributed by atoms with Crippen LogP contribution >= 0.6 is 11.6 Å². The van der Waals surface area contributed by atoms with Crippen molar-refractivity contribution in [1.82, 2.24) is 0 Å². The molecule has 0 unspecified atom stereocenters. The van der Waals surface area contributed by atoms with Crippen LogP contribution in [0.4, 0.5) is 14.5 Å². The van der Waals surface area contributed by atoms with Gasteiger partial charge in [-0.15, -0.1) is 0 Å². The van der Waals surface area contributed by atoms with Gasteiger partial charge in [0.15, 0.2) is 0 Å². The van der Waals surface area contributed by atoms with E-state index >= 15 is 0 Å². The molecule has 2 aromatic rings. The second-order valence-corrected chi connectivity index (χ2v) is 4.00. The highest BCUT2D eigenvalue weighted by Gasteiger charge is 2.11. The van der Waals surface area contributed by atoms with E-state index in [1.165, 1.54) is 24.3 Å². The van der Waals surface area contributed by atoms with Crippen LogP contribution in [-0.4, -0.2) is 5.91 Å². The third-order valence-electron chi connectivity index (χ3n) is 2.26. The van der Waals surface area contributed by atoms with Gasteiger partial charge >= 0.3 is 0 Å². The van der Waals surface area contributed by atoms with E-state index in [1.54, 1.807) is 6.07 Å². The summed E-state index contributed by atoms with van der Waals surface area (Å²) in [5.41, 5.74) is 0.433. The van der Waals surface area contributed by atoms with Gasteiger partial charge in [-0.05, 0) is 36.4 Å². The number of nitrogens with one attached hydrogen (secondary N) is 1.